The SMILES string of the molecule is Cn1nccc1C1CCN(C(=O)C2CNCCO2)CC1. The highest BCUT2D eigenvalue weighted by Gasteiger charge is 2.30. The number of aromatic nitrogens is 2. The minimum Gasteiger partial charge on any atom is -0.366 e. The van der Waals surface area contributed by atoms with Gasteiger partial charge >= 0.3 is 0 Å². The molecule has 1 aromatic heterocycles. The Morgan fingerprint density at radius 3 is 2.85 bits per heavy atom. The lowest BCUT2D eigenvalue weighted by Crippen LogP contribution is -2.51. The van der Waals surface area contributed by atoms with E-state index in [4.69, 9.17) is 4.74 Å². The smallest absolute Gasteiger partial charge is 0.253 e. The van der Waals surface area contributed by atoms with Crippen LogP contribution in [0.1, 0.15) is 24.5 Å². The fourth-order valence-electron chi connectivity index (χ4n) is 3.11. The number of rotatable bonds is 2. The van der Waals surface area contributed by atoms with Gasteiger partial charge in [0.1, 0.15) is 6.10 Å². The summed E-state index contributed by atoms with van der Waals surface area (Å²) in [5.74, 6) is 0.651. The van der Waals surface area contributed by atoms with Crippen molar-refractivity contribution in [1.82, 2.24) is 20.0 Å². The zero-order valence-electron chi connectivity index (χ0n) is 11.9. The molecule has 2 saturated heterocycles. The molecular weight excluding hydrogens is 256 g/mol. The van der Waals surface area contributed by atoms with Crippen molar-refractivity contribution < 1.29 is 9.53 Å². The van der Waals surface area contributed by atoms with Crippen LogP contribution in [0, 0.1) is 0 Å². The van der Waals surface area contributed by atoms with Crippen LogP contribution in [0.15, 0.2) is 12.3 Å². The molecule has 0 radical (unpaired) electrons. The number of morpholine rings is 1. The summed E-state index contributed by atoms with van der Waals surface area (Å²) >= 11 is 0. The Kier molecular flexibility index (Phi) is 4.03. The van der Waals surface area contributed by atoms with Crippen molar-refractivity contribution in [3.05, 3.63) is 18.0 Å². The highest BCUT2D eigenvalue weighted by atomic mass is 16.5. The third-order valence-corrected chi connectivity index (χ3v) is 4.29. The molecule has 6 heteroatoms. The zero-order chi connectivity index (χ0) is 13.9. The normalized spacial score (nSPS) is 24.9. The van der Waals surface area contributed by atoms with Gasteiger partial charge in [0.05, 0.1) is 6.61 Å². The monoisotopic (exact) mass is 278 g/mol. The van der Waals surface area contributed by atoms with Gasteiger partial charge in [0, 0.05) is 51.0 Å². The first kappa shape index (κ1) is 13.6. The molecule has 1 unspecified atom stereocenters. The van der Waals surface area contributed by atoms with Gasteiger partial charge in [-0.15, -0.1) is 0 Å². The van der Waals surface area contributed by atoms with Crippen molar-refractivity contribution >= 4 is 5.91 Å². The minimum absolute atomic E-state index is 0.139. The van der Waals surface area contributed by atoms with Crippen LogP contribution in [0.25, 0.3) is 0 Å². The van der Waals surface area contributed by atoms with Gasteiger partial charge in [-0.1, -0.05) is 0 Å². The fourth-order valence-corrected chi connectivity index (χ4v) is 3.11. The van der Waals surface area contributed by atoms with E-state index in [0.29, 0.717) is 19.1 Å². The van der Waals surface area contributed by atoms with E-state index in [1.807, 2.05) is 22.8 Å². The molecule has 1 N–H and O–H groups in total. The van der Waals surface area contributed by atoms with Crippen LogP contribution in [0.3, 0.4) is 0 Å². The Morgan fingerprint density at radius 2 is 2.25 bits per heavy atom. The van der Waals surface area contributed by atoms with E-state index in [-0.39, 0.29) is 12.0 Å². The van der Waals surface area contributed by atoms with E-state index in [1.165, 1.54) is 5.69 Å². The van der Waals surface area contributed by atoms with E-state index < -0.39 is 0 Å². The minimum atomic E-state index is -0.294. The number of nitrogens with zero attached hydrogens (tertiary/aromatic N) is 3. The second-order valence-electron chi connectivity index (χ2n) is 5.54. The average molecular weight is 278 g/mol. The molecule has 0 bridgehead atoms. The number of hydrogen-bond acceptors (Lipinski definition) is 4. The Labute approximate surface area is 119 Å². The standard InChI is InChI=1S/C14H22N4O2/c1-17-12(2-5-16-17)11-3-7-18(8-4-11)14(19)13-10-15-6-9-20-13/h2,5,11,13,15H,3-4,6-10H2,1H3. The average Bonchev–Trinajstić information content (AvgIpc) is 2.94. The van der Waals surface area contributed by atoms with Crippen LogP contribution in [0.5, 0.6) is 0 Å². The van der Waals surface area contributed by atoms with E-state index in [1.54, 1.807) is 0 Å². The molecule has 2 aliphatic rings. The number of carbonyl (C=O) groups is 1. The highest BCUT2D eigenvalue weighted by molar-refractivity contribution is 5.81. The first-order valence-electron chi connectivity index (χ1n) is 7.34. The van der Waals surface area contributed by atoms with Crippen LogP contribution < -0.4 is 5.32 Å². The van der Waals surface area contributed by atoms with Crippen LogP contribution in [-0.4, -0.2) is 59.5 Å². The van der Waals surface area contributed by atoms with Crippen LogP contribution >= 0.6 is 0 Å². The lowest BCUT2D eigenvalue weighted by atomic mass is 9.93. The van der Waals surface area contributed by atoms with Crippen LogP contribution in [-0.2, 0) is 16.6 Å². The van der Waals surface area contributed by atoms with Crippen molar-refractivity contribution in [2.24, 2.45) is 7.05 Å². The largest absolute Gasteiger partial charge is 0.366 e. The van der Waals surface area contributed by atoms with Crippen molar-refractivity contribution in [2.45, 2.75) is 24.9 Å². The Balaban J connectivity index is 1.55. The third kappa shape index (κ3) is 2.71. The molecule has 6 nitrogen and oxygen atoms in total. The lowest BCUT2D eigenvalue weighted by Gasteiger charge is -2.35. The van der Waals surface area contributed by atoms with Gasteiger partial charge in [0.2, 0.25) is 0 Å². The van der Waals surface area contributed by atoms with Gasteiger partial charge in [-0.3, -0.25) is 9.48 Å². The number of nitrogens with one attached hydrogen (secondary N) is 1. The first-order chi connectivity index (χ1) is 9.75. The van der Waals surface area contributed by atoms with Crippen molar-refractivity contribution in [1.29, 1.82) is 0 Å². The maximum absolute atomic E-state index is 12.4. The maximum atomic E-state index is 12.4. The van der Waals surface area contributed by atoms with Gasteiger partial charge in [-0.05, 0) is 18.9 Å². The lowest BCUT2D eigenvalue weighted by molar-refractivity contribution is -0.146. The third-order valence-electron chi connectivity index (χ3n) is 4.29. The molecule has 0 saturated carbocycles. The topological polar surface area (TPSA) is 59.4 Å². The summed E-state index contributed by atoms with van der Waals surface area (Å²) in [5.41, 5.74) is 1.27. The quantitative estimate of drug-likeness (QED) is 0.834. The molecule has 1 aromatic rings. The summed E-state index contributed by atoms with van der Waals surface area (Å²) in [7, 11) is 1.98. The molecule has 1 amide bonds. The maximum Gasteiger partial charge on any atom is 0.253 e. The first-order valence-corrected chi connectivity index (χ1v) is 7.34. The van der Waals surface area contributed by atoms with Crippen molar-refractivity contribution in [2.75, 3.05) is 32.8 Å². The Hall–Kier alpha value is -1.40. The molecule has 2 fully saturated rings. The van der Waals surface area contributed by atoms with Crippen molar-refractivity contribution in [3.8, 4) is 0 Å². The van der Waals surface area contributed by atoms with Crippen LogP contribution in [0.4, 0.5) is 0 Å². The molecule has 110 valence electrons. The number of likely N-dealkylation sites (tertiary alicyclic amines) is 1. The van der Waals surface area contributed by atoms with E-state index in [0.717, 1.165) is 32.5 Å². The second kappa shape index (κ2) is 5.93. The van der Waals surface area contributed by atoms with E-state index in [2.05, 4.69) is 16.5 Å². The molecular formula is C14H22N4O2. The predicted molar refractivity (Wildman–Crippen MR) is 74.4 cm³/mol. The van der Waals surface area contributed by atoms with Crippen LogP contribution in [0.2, 0.25) is 0 Å². The highest BCUT2D eigenvalue weighted by Crippen LogP contribution is 2.27. The summed E-state index contributed by atoms with van der Waals surface area (Å²) in [4.78, 5) is 14.3. The predicted octanol–water partition coefficient (Wildman–Crippen LogP) is 0.115. The fraction of sp³-hybridized carbons (Fsp3) is 0.714. The van der Waals surface area contributed by atoms with Gasteiger partial charge in [0.25, 0.3) is 5.91 Å². The summed E-state index contributed by atoms with van der Waals surface area (Å²) in [5, 5.41) is 7.44. The molecule has 2 aliphatic heterocycles. The molecule has 0 aromatic carbocycles. The summed E-state index contributed by atoms with van der Waals surface area (Å²) < 4.78 is 7.48. The van der Waals surface area contributed by atoms with E-state index >= 15 is 0 Å². The number of amides is 1. The summed E-state index contributed by atoms with van der Waals surface area (Å²) in [6, 6.07) is 2.08. The molecule has 1 atom stereocenters. The number of carbonyl (C=O) groups excluding carboxylic acids is 1. The van der Waals surface area contributed by atoms with Gasteiger partial charge in [0.15, 0.2) is 0 Å². The summed E-state index contributed by atoms with van der Waals surface area (Å²) in [6.07, 6.45) is 3.56. The molecule has 3 heterocycles. The number of piperidine rings is 1. The van der Waals surface area contributed by atoms with Gasteiger partial charge in [-0.2, -0.15) is 5.10 Å². The number of aryl methyl sites for hydroxylation is 1. The van der Waals surface area contributed by atoms with Gasteiger partial charge in [-0.25, -0.2) is 0 Å². The number of hydrogen-bond donors (Lipinski definition) is 1. The molecule has 3 rings (SSSR count). The molecule has 20 heavy (non-hydrogen) atoms. The number of ether oxygens (including phenoxy) is 1. The Bertz CT molecular complexity index is 459. The van der Waals surface area contributed by atoms with Gasteiger partial charge < -0.3 is 15.0 Å². The zero-order valence-corrected chi connectivity index (χ0v) is 11.9. The van der Waals surface area contributed by atoms with Crippen molar-refractivity contribution in [3.63, 3.8) is 0 Å². The summed E-state index contributed by atoms with van der Waals surface area (Å²) in [6.45, 7) is 3.73. The van der Waals surface area contributed by atoms with E-state index in [9.17, 15) is 4.79 Å². The molecule has 0 aliphatic carbocycles. The second-order valence-corrected chi connectivity index (χ2v) is 5.54. The molecule has 0 spiro atoms. The Morgan fingerprint density at radius 1 is 1.45 bits per heavy atom.